The van der Waals surface area contributed by atoms with Crippen molar-refractivity contribution in [2.75, 3.05) is 0 Å². The molecule has 0 heterocycles. The number of halogens is 1. The van der Waals surface area contributed by atoms with E-state index in [1.807, 2.05) is 0 Å². The molecular weight excluding hydrogens is 276 g/mol. The fourth-order valence-corrected chi connectivity index (χ4v) is 1.98. The van der Waals surface area contributed by atoms with E-state index in [1.165, 1.54) is 0 Å². The number of ketones is 1. The third-order valence-corrected chi connectivity index (χ3v) is 3.80. The van der Waals surface area contributed by atoms with Gasteiger partial charge in [-0.05, 0) is 37.5 Å². The first-order valence-electron chi connectivity index (χ1n) is 4.54. The maximum absolute atomic E-state index is 11.4. The smallest absolute Gasteiger partial charge is 0.377 e. The van der Waals surface area contributed by atoms with Crippen molar-refractivity contribution in [3.63, 3.8) is 0 Å². The van der Waals surface area contributed by atoms with Crippen LogP contribution in [0.25, 0.3) is 0 Å². The summed E-state index contributed by atoms with van der Waals surface area (Å²) in [6, 6.07) is 0. The first kappa shape index (κ1) is 12.7. The van der Waals surface area contributed by atoms with Gasteiger partial charge in [0.1, 0.15) is 5.75 Å². The van der Waals surface area contributed by atoms with Crippen LogP contribution in [-0.2, 0) is 4.79 Å². The standard InChI is InChI=1S/C11H11BrO4/c1-4-5(2)9(13)7(6(3)8(4)12)10(14)11(15)16/h13H,1-3H3,(H,15,16). The number of benzene rings is 1. The average molecular weight is 287 g/mol. The molecule has 0 amide bonds. The van der Waals surface area contributed by atoms with Gasteiger partial charge in [0.25, 0.3) is 5.78 Å². The summed E-state index contributed by atoms with van der Waals surface area (Å²) < 4.78 is 0.646. The van der Waals surface area contributed by atoms with Crippen LogP contribution in [0, 0.1) is 20.8 Å². The van der Waals surface area contributed by atoms with Gasteiger partial charge in [0.05, 0.1) is 5.56 Å². The summed E-state index contributed by atoms with van der Waals surface area (Å²) in [7, 11) is 0. The predicted molar refractivity (Wildman–Crippen MR) is 62.0 cm³/mol. The van der Waals surface area contributed by atoms with Gasteiger partial charge in [-0.1, -0.05) is 15.9 Å². The third kappa shape index (κ3) is 1.82. The number of carboxylic acid groups (broad SMARTS) is 1. The van der Waals surface area contributed by atoms with E-state index in [9.17, 15) is 14.7 Å². The van der Waals surface area contributed by atoms with Crippen LogP contribution in [0.5, 0.6) is 5.75 Å². The second-order valence-corrected chi connectivity index (χ2v) is 4.34. The Morgan fingerprint density at radius 3 is 2.00 bits per heavy atom. The highest BCUT2D eigenvalue weighted by molar-refractivity contribution is 9.10. The fraction of sp³-hybridized carbons (Fsp3) is 0.273. The van der Waals surface area contributed by atoms with Crippen molar-refractivity contribution < 1.29 is 19.8 Å². The Morgan fingerprint density at radius 2 is 1.56 bits per heavy atom. The number of hydrogen-bond acceptors (Lipinski definition) is 3. The lowest BCUT2D eigenvalue weighted by Crippen LogP contribution is -2.15. The quantitative estimate of drug-likeness (QED) is 0.646. The fourth-order valence-electron chi connectivity index (χ4n) is 1.48. The number of carbonyl (C=O) groups is 2. The average Bonchev–Trinajstić information content (AvgIpc) is 2.23. The topological polar surface area (TPSA) is 74.6 Å². The molecule has 1 aromatic rings. The lowest BCUT2D eigenvalue weighted by molar-refractivity contribution is -0.131. The minimum Gasteiger partial charge on any atom is -0.507 e. The Morgan fingerprint density at radius 1 is 1.06 bits per heavy atom. The van der Waals surface area contributed by atoms with Crippen LogP contribution in [0.2, 0.25) is 0 Å². The molecule has 0 atom stereocenters. The molecule has 0 saturated carbocycles. The molecule has 2 N–H and O–H groups in total. The van der Waals surface area contributed by atoms with Crippen LogP contribution in [0.15, 0.2) is 4.47 Å². The van der Waals surface area contributed by atoms with E-state index in [4.69, 9.17) is 5.11 Å². The molecule has 1 rings (SSSR count). The van der Waals surface area contributed by atoms with Crippen molar-refractivity contribution >= 4 is 27.7 Å². The molecular formula is C11H11BrO4. The molecule has 86 valence electrons. The van der Waals surface area contributed by atoms with E-state index in [1.54, 1.807) is 20.8 Å². The molecule has 0 spiro atoms. The Hall–Kier alpha value is -1.36. The predicted octanol–water partition coefficient (Wildman–Crippen LogP) is 2.35. The van der Waals surface area contributed by atoms with Crippen molar-refractivity contribution in [2.45, 2.75) is 20.8 Å². The number of phenolic OH excluding ortho intramolecular Hbond substituents is 1. The molecule has 16 heavy (non-hydrogen) atoms. The Labute approximate surface area is 101 Å². The molecule has 1 aromatic carbocycles. The van der Waals surface area contributed by atoms with Gasteiger partial charge in [-0.15, -0.1) is 0 Å². The SMILES string of the molecule is Cc1c(C)c(Br)c(C)c(C(=O)C(=O)O)c1O. The lowest BCUT2D eigenvalue weighted by atomic mass is 9.96. The van der Waals surface area contributed by atoms with Gasteiger partial charge in [0.15, 0.2) is 0 Å². The van der Waals surface area contributed by atoms with E-state index < -0.39 is 11.8 Å². The van der Waals surface area contributed by atoms with Crippen LogP contribution in [0.4, 0.5) is 0 Å². The summed E-state index contributed by atoms with van der Waals surface area (Å²) in [5.74, 6) is -2.93. The number of rotatable bonds is 2. The van der Waals surface area contributed by atoms with E-state index in [0.29, 0.717) is 15.6 Å². The summed E-state index contributed by atoms with van der Waals surface area (Å²) in [6.45, 7) is 5.00. The van der Waals surface area contributed by atoms with Gasteiger partial charge in [-0.25, -0.2) is 4.79 Å². The zero-order valence-electron chi connectivity index (χ0n) is 9.09. The molecule has 0 unspecified atom stereocenters. The second kappa shape index (κ2) is 4.25. The number of Topliss-reactive ketones (excluding diaryl/α,β-unsaturated/α-hetero) is 1. The normalized spacial score (nSPS) is 10.2. The van der Waals surface area contributed by atoms with Crippen LogP contribution in [0.1, 0.15) is 27.0 Å². The van der Waals surface area contributed by atoms with E-state index in [-0.39, 0.29) is 11.3 Å². The van der Waals surface area contributed by atoms with Crippen molar-refractivity contribution in [2.24, 2.45) is 0 Å². The summed E-state index contributed by atoms with van der Waals surface area (Å²) in [5.41, 5.74) is 1.58. The highest BCUT2D eigenvalue weighted by Crippen LogP contribution is 2.35. The summed E-state index contributed by atoms with van der Waals surface area (Å²) >= 11 is 3.28. The molecule has 0 aliphatic heterocycles. The molecule has 0 aliphatic carbocycles. The molecule has 0 radical (unpaired) electrons. The maximum atomic E-state index is 11.4. The van der Waals surface area contributed by atoms with Crippen LogP contribution in [0.3, 0.4) is 0 Å². The van der Waals surface area contributed by atoms with E-state index >= 15 is 0 Å². The highest BCUT2D eigenvalue weighted by Gasteiger charge is 2.25. The molecule has 5 heteroatoms. The summed E-state index contributed by atoms with van der Waals surface area (Å²) in [6.07, 6.45) is 0. The highest BCUT2D eigenvalue weighted by atomic mass is 79.9. The monoisotopic (exact) mass is 286 g/mol. The summed E-state index contributed by atoms with van der Waals surface area (Å²) in [5, 5.41) is 18.5. The Bertz CT molecular complexity index is 462. The number of phenols is 1. The molecule has 0 saturated heterocycles. The first-order valence-corrected chi connectivity index (χ1v) is 5.34. The maximum Gasteiger partial charge on any atom is 0.377 e. The third-order valence-electron chi connectivity index (χ3n) is 2.61. The number of hydrogen-bond donors (Lipinski definition) is 2. The van der Waals surface area contributed by atoms with Crippen molar-refractivity contribution in [1.29, 1.82) is 0 Å². The van der Waals surface area contributed by atoms with Gasteiger partial charge in [0.2, 0.25) is 0 Å². The van der Waals surface area contributed by atoms with E-state index in [2.05, 4.69) is 15.9 Å². The number of carboxylic acids is 1. The summed E-state index contributed by atoms with van der Waals surface area (Å²) in [4.78, 5) is 22.1. The minimum absolute atomic E-state index is 0.150. The molecule has 0 aromatic heterocycles. The zero-order chi connectivity index (χ0) is 12.6. The van der Waals surface area contributed by atoms with Crippen LogP contribution in [-0.4, -0.2) is 22.0 Å². The number of carbonyl (C=O) groups excluding carboxylic acids is 1. The molecule has 4 nitrogen and oxygen atoms in total. The van der Waals surface area contributed by atoms with Crippen LogP contribution >= 0.6 is 15.9 Å². The van der Waals surface area contributed by atoms with E-state index in [0.717, 1.165) is 5.56 Å². The van der Waals surface area contributed by atoms with Gasteiger partial charge in [0, 0.05) is 4.47 Å². The van der Waals surface area contributed by atoms with Crippen molar-refractivity contribution in [3.8, 4) is 5.75 Å². The van der Waals surface area contributed by atoms with Gasteiger partial charge in [-0.2, -0.15) is 0 Å². The second-order valence-electron chi connectivity index (χ2n) is 3.55. The van der Waals surface area contributed by atoms with Gasteiger partial charge < -0.3 is 10.2 Å². The van der Waals surface area contributed by atoms with Crippen molar-refractivity contribution in [1.82, 2.24) is 0 Å². The molecule has 0 fully saturated rings. The lowest BCUT2D eigenvalue weighted by Gasteiger charge is -2.13. The largest absolute Gasteiger partial charge is 0.507 e. The zero-order valence-corrected chi connectivity index (χ0v) is 10.7. The Balaban J connectivity index is 3.64. The number of aromatic hydroxyl groups is 1. The number of aliphatic carboxylic acids is 1. The van der Waals surface area contributed by atoms with Gasteiger partial charge >= 0.3 is 5.97 Å². The van der Waals surface area contributed by atoms with Crippen molar-refractivity contribution in [3.05, 3.63) is 26.7 Å². The van der Waals surface area contributed by atoms with Gasteiger partial charge in [-0.3, -0.25) is 4.79 Å². The Kier molecular flexibility index (Phi) is 3.38. The minimum atomic E-state index is -1.58. The first-order chi connectivity index (χ1) is 7.29. The van der Waals surface area contributed by atoms with Crippen LogP contribution < -0.4 is 0 Å². The molecule has 0 bridgehead atoms. The molecule has 0 aliphatic rings.